The van der Waals surface area contributed by atoms with Crippen molar-refractivity contribution < 1.29 is 9.47 Å². The number of hydrogen-bond acceptors (Lipinski definition) is 3. The van der Waals surface area contributed by atoms with Crippen molar-refractivity contribution in [2.24, 2.45) is 5.41 Å². The summed E-state index contributed by atoms with van der Waals surface area (Å²) in [6.45, 7) is 0.691. The van der Waals surface area contributed by atoms with Crippen molar-refractivity contribution in [3.63, 3.8) is 0 Å². The SMILES string of the molecule is COc1cc(C#N)cc(OCC2(CBr)CCCC2)c1. The molecule has 102 valence electrons. The topological polar surface area (TPSA) is 42.2 Å². The lowest BCUT2D eigenvalue weighted by Crippen LogP contribution is -2.27. The molecule has 0 bridgehead atoms. The average Bonchev–Trinajstić information content (AvgIpc) is 2.94. The zero-order valence-electron chi connectivity index (χ0n) is 11.1. The molecule has 0 radical (unpaired) electrons. The Morgan fingerprint density at radius 1 is 1.26 bits per heavy atom. The van der Waals surface area contributed by atoms with Gasteiger partial charge in [0.1, 0.15) is 11.5 Å². The Kier molecular flexibility index (Phi) is 4.71. The molecule has 1 fully saturated rings. The Morgan fingerprint density at radius 3 is 2.53 bits per heavy atom. The van der Waals surface area contributed by atoms with Gasteiger partial charge in [0.2, 0.25) is 0 Å². The van der Waals surface area contributed by atoms with Gasteiger partial charge in [0, 0.05) is 16.8 Å². The molecule has 2 rings (SSSR count). The van der Waals surface area contributed by atoms with Gasteiger partial charge in [-0.1, -0.05) is 28.8 Å². The fourth-order valence-corrected chi connectivity index (χ4v) is 3.24. The lowest BCUT2D eigenvalue weighted by molar-refractivity contribution is 0.173. The highest BCUT2D eigenvalue weighted by atomic mass is 79.9. The standard InChI is InChI=1S/C15H18BrNO2/c1-18-13-6-12(9-17)7-14(8-13)19-11-15(10-16)4-2-3-5-15/h6-8H,2-5,10-11H2,1H3. The summed E-state index contributed by atoms with van der Waals surface area (Å²) in [5.74, 6) is 1.37. The minimum Gasteiger partial charge on any atom is -0.497 e. The smallest absolute Gasteiger partial charge is 0.124 e. The molecule has 0 saturated heterocycles. The summed E-state index contributed by atoms with van der Waals surface area (Å²) in [6.07, 6.45) is 4.95. The first kappa shape index (κ1) is 14.2. The Morgan fingerprint density at radius 2 is 1.95 bits per heavy atom. The van der Waals surface area contributed by atoms with Crippen molar-refractivity contribution >= 4 is 15.9 Å². The first-order valence-electron chi connectivity index (χ1n) is 6.49. The van der Waals surface area contributed by atoms with Crippen LogP contribution in [0.15, 0.2) is 18.2 Å². The quantitative estimate of drug-likeness (QED) is 0.772. The number of rotatable bonds is 5. The number of alkyl halides is 1. The first-order chi connectivity index (χ1) is 9.21. The highest BCUT2D eigenvalue weighted by Gasteiger charge is 2.33. The maximum absolute atomic E-state index is 8.99. The van der Waals surface area contributed by atoms with Gasteiger partial charge in [-0.05, 0) is 25.0 Å². The molecule has 1 aliphatic rings. The van der Waals surface area contributed by atoms with E-state index < -0.39 is 0 Å². The number of methoxy groups -OCH3 is 1. The van der Waals surface area contributed by atoms with Crippen molar-refractivity contribution in [1.82, 2.24) is 0 Å². The molecule has 0 aliphatic heterocycles. The zero-order valence-corrected chi connectivity index (χ0v) is 12.7. The fourth-order valence-electron chi connectivity index (χ4n) is 2.52. The zero-order chi connectivity index (χ0) is 13.7. The summed E-state index contributed by atoms with van der Waals surface area (Å²) >= 11 is 3.61. The van der Waals surface area contributed by atoms with Gasteiger partial charge in [-0.3, -0.25) is 0 Å². The van der Waals surface area contributed by atoms with E-state index in [4.69, 9.17) is 14.7 Å². The van der Waals surface area contributed by atoms with Crippen LogP contribution in [0.3, 0.4) is 0 Å². The summed E-state index contributed by atoms with van der Waals surface area (Å²) in [4.78, 5) is 0. The summed E-state index contributed by atoms with van der Waals surface area (Å²) in [5, 5.41) is 9.96. The minimum absolute atomic E-state index is 0.246. The molecule has 1 aromatic rings. The number of benzene rings is 1. The average molecular weight is 324 g/mol. The van der Waals surface area contributed by atoms with Crippen LogP contribution < -0.4 is 9.47 Å². The minimum atomic E-state index is 0.246. The number of hydrogen-bond donors (Lipinski definition) is 0. The van der Waals surface area contributed by atoms with E-state index >= 15 is 0 Å². The molecule has 0 amide bonds. The van der Waals surface area contributed by atoms with Crippen LogP contribution in [0.1, 0.15) is 31.2 Å². The largest absolute Gasteiger partial charge is 0.497 e. The summed E-state index contributed by atoms with van der Waals surface area (Å²) in [6, 6.07) is 7.43. The van der Waals surface area contributed by atoms with Gasteiger partial charge in [-0.2, -0.15) is 5.26 Å². The monoisotopic (exact) mass is 323 g/mol. The highest BCUT2D eigenvalue weighted by Crippen LogP contribution is 2.40. The number of halogens is 1. The Balaban J connectivity index is 2.08. The molecular formula is C15H18BrNO2. The van der Waals surface area contributed by atoms with E-state index in [9.17, 15) is 0 Å². The van der Waals surface area contributed by atoms with E-state index in [0.717, 1.165) is 5.33 Å². The van der Waals surface area contributed by atoms with Gasteiger partial charge in [-0.25, -0.2) is 0 Å². The molecule has 19 heavy (non-hydrogen) atoms. The van der Waals surface area contributed by atoms with Crippen LogP contribution in [-0.2, 0) is 0 Å². The third-order valence-corrected chi connectivity index (χ3v) is 4.93. The summed E-state index contributed by atoms with van der Waals surface area (Å²) < 4.78 is 11.1. The predicted molar refractivity (Wildman–Crippen MR) is 77.9 cm³/mol. The second kappa shape index (κ2) is 6.29. The summed E-state index contributed by atoms with van der Waals surface area (Å²) in [7, 11) is 1.59. The van der Waals surface area contributed by atoms with Crippen LogP contribution in [-0.4, -0.2) is 19.0 Å². The van der Waals surface area contributed by atoms with Crippen LogP contribution in [0.2, 0.25) is 0 Å². The van der Waals surface area contributed by atoms with Gasteiger partial charge in [0.05, 0.1) is 25.3 Å². The first-order valence-corrected chi connectivity index (χ1v) is 7.61. The van der Waals surface area contributed by atoms with Crippen molar-refractivity contribution in [3.05, 3.63) is 23.8 Å². The number of ether oxygens (including phenoxy) is 2. The Hall–Kier alpha value is -1.21. The van der Waals surface area contributed by atoms with Crippen LogP contribution in [0.5, 0.6) is 11.5 Å². The van der Waals surface area contributed by atoms with Crippen molar-refractivity contribution in [3.8, 4) is 17.6 Å². The molecule has 0 aromatic heterocycles. The molecule has 0 spiro atoms. The predicted octanol–water partition coefficient (Wildman–Crippen LogP) is 3.90. The maximum Gasteiger partial charge on any atom is 0.124 e. The molecule has 3 nitrogen and oxygen atoms in total. The second-order valence-electron chi connectivity index (χ2n) is 5.14. The van der Waals surface area contributed by atoms with E-state index in [2.05, 4.69) is 22.0 Å². The third kappa shape index (κ3) is 3.42. The van der Waals surface area contributed by atoms with Crippen LogP contribution in [0, 0.1) is 16.7 Å². The molecule has 1 saturated carbocycles. The van der Waals surface area contributed by atoms with E-state index in [1.807, 2.05) is 6.07 Å². The van der Waals surface area contributed by atoms with Crippen molar-refractivity contribution in [2.45, 2.75) is 25.7 Å². The lowest BCUT2D eigenvalue weighted by atomic mass is 9.90. The molecule has 0 atom stereocenters. The molecule has 1 aliphatic carbocycles. The fraction of sp³-hybridized carbons (Fsp3) is 0.533. The van der Waals surface area contributed by atoms with E-state index in [0.29, 0.717) is 23.7 Å². The lowest BCUT2D eigenvalue weighted by Gasteiger charge is -2.26. The third-order valence-electron chi connectivity index (χ3n) is 3.74. The van der Waals surface area contributed by atoms with Gasteiger partial charge in [0.15, 0.2) is 0 Å². The second-order valence-corrected chi connectivity index (χ2v) is 5.70. The van der Waals surface area contributed by atoms with Crippen molar-refractivity contribution in [1.29, 1.82) is 5.26 Å². The van der Waals surface area contributed by atoms with Gasteiger partial charge in [-0.15, -0.1) is 0 Å². The maximum atomic E-state index is 8.99. The van der Waals surface area contributed by atoms with Crippen LogP contribution >= 0.6 is 15.9 Å². The molecule has 0 unspecified atom stereocenters. The summed E-state index contributed by atoms with van der Waals surface area (Å²) in [5.41, 5.74) is 0.809. The molecule has 0 N–H and O–H groups in total. The van der Waals surface area contributed by atoms with Gasteiger partial charge in [0.25, 0.3) is 0 Å². The molecule has 0 heterocycles. The van der Waals surface area contributed by atoms with E-state index in [1.54, 1.807) is 19.2 Å². The number of nitriles is 1. The van der Waals surface area contributed by atoms with E-state index in [1.165, 1.54) is 25.7 Å². The van der Waals surface area contributed by atoms with Crippen LogP contribution in [0.25, 0.3) is 0 Å². The Labute approximate surface area is 122 Å². The Bertz CT molecular complexity index is 476. The normalized spacial score (nSPS) is 16.9. The molecular weight excluding hydrogens is 306 g/mol. The molecule has 1 aromatic carbocycles. The van der Waals surface area contributed by atoms with Crippen LogP contribution in [0.4, 0.5) is 0 Å². The number of nitrogens with zero attached hydrogens (tertiary/aromatic N) is 1. The highest BCUT2D eigenvalue weighted by molar-refractivity contribution is 9.09. The van der Waals surface area contributed by atoms with Gasteiger partial charge >= 0.3 is 0 Å². The van der Waals surface area contributed by atoms with Crippen molar-refractivity contribution in [2.75, 3.05) is 19.0 Å². The molecule has 4 heteroatoms. The van der Waals surface area contributed by atoms with Gasteiger partial charge < -0.3 is 9.47 Å². The van der Waals surface area contributed by atoms with E-state index in [-0.39, 0.29) is 5.41 Å².